The van der Waals surface area contributed by atoms with Gasteiger partial charge in [0.15, 0.2) is 0 Å². The number of rotatable bonds is 6. The summed E-state index contributed by atoms with van der Waals surface area (Å²) in [4.78, 5) is 42.9. The molecule has 1 aromatic rings. The summed E-state index contributed by atoms with van der Waals surface area (Å²) < 4.78 is 5.60. The first-order chi connectivity index (χ1) is 16.5. The average molecular weight is 489 g/mol. The molecule has 2 amide bonds. The van der Waals surface area contributed by atoms with Crippen molar-refractivity contribution in [1.82, 2.24) is 9.80 Å². The number of benzene rings is 1. The number of anilines is 1. The van der Waals surface area contributed by atoms with E-state index in [2.05, 4.69) is 0 Å². The highest BCUT2D eigenvalue weighted by molar-refractivity contribution is 5.79. The van der Waals surface area contributed by atoms with Gasteiger partial charge in [0.2, 0.25) is 5.91 Å². The molecular formula is C26H40N4O5. The number of likely N-dealkylation sites (tertiary alicyclic amines) is 1. The van der Waals surface area contributed by atoms with Crippen molar-refractivity contribution in [3.63, 3.8) is 0 Å². The van der Waals surface area contributed by atoms with Crippen LogP contribution in [0.3, 0.4) is 0 Å². The molecular weight excluding hydrogens is 448 g/mol. The number of amides is 2. The van der Waals surface area contributed by atoms with Crippen molar-refractivity contribution in [3.05, 3.63) is 34.4 Å². The number of piperidine rings is 2. The second-order valence-electron chi connectivity index (χ2n) is 11.0. The highest BCUT2D eigenvalue weighted by atomic mass is 16.6. The fourth-order valence-corrected chi connectivity index (χ4v) is 5.02. The van der Waals surface area contributed by atoms with Crippen LogP contribution >= 0.6 is 0 Å². The first kappa shape index (κ1) is 26.8. The minimum absolute atomic E-state index is 0.0160. The molecule has 0 aliphatic carbocycles. The van der Waals surface area contributed by atoms with Gasteiger partial charge in [0.05, 0.1) is 4.92 Å². The minimum Gasteiger partial charge on any atom is -0.444 e. The Balaban J connectivity index is 1.57. The van der Waals surface area contributed by atoms with Crippen LogP contribution in [0.1, 0.15) is 60.3 Å². The number of nitro groups is 1. The van der Waals surface area contributed by atoms with Crippen molar-refractivity contribution in [2.45, 2.75) is 71.9 Å². The zero-order valence-corrected chi connectivity index (χ0v) is 21.7. The Kier molecular flexibility index (Phi) is 8.61. The van der Waals surface area contributed by atoms with Crippen LogP contribution in [0.5, 0.6) is 0 Å². The summed E-state index contributed by atoms with van der Waals surface area (Å²) >= 11 is 0. The summed E-state index contributed by atoms with van der Waals surface area (Å²) in [7, 11) is 0. The third-order valence-corrected chi connectivity index (χ3v) is 6.80. The van der Waals surface area contributed by atoms with E-state index in [1.807, 2.05) is 50.5 Å². The van der Waals surface area contributed by atoms with Crippen LogP contribution in [0.4, 0.5) is 16.2 Å². The molecule has 194 valence electrons. The lowest BCUT2D eigenvalue weighted by molar-refractivity contribution is -0.384. The second kappa shape index (κ2) is 11.3. The molecule has 2 aliphatic heterocycles. The number of para-hydroxylation sites is 2. The van der Waals surface area contributed by atoms with Crippen LogP contribution in [-0.4, -0.2) is 71.1 Å². The molecule has 2 fully saturated rings. The largest absolute Gasteiger partial charge is 0.444 e. The number of carbonyl (C=O) groups excluding carboxylic acids is 2. The lowest BCUT2D eigenvalue weighted by Gasteiger charge is -2.40. The molecule has 0 bridgehead atoms. The molecule has 0 N–H and O–H groups in total. The number of nitrogens with zero attached hydrogens (tertiary/aromatic N) is 4. The molecule has 1 atom stereocenters. The van der Waals surface area contributed by atoms with Crippen molar-refractivity contribution < 1.29 is 19.2 Å². The normalized spacial score (nSPS) is 19.5. The van der Waals surface area contributed by atoms with Gasteiger partial charge in [0, 0.05) is 50.7 Å². The number of hydrogen-bond acceptors (Lipinski definition) is 6. The summed E-state index contributed by atoms with van der Waals surface area (Å²) in [6.07, 6.45) is 2.96. The predicted molar refractivity (Wildman–Crippen MR) is 135 cm³/mol. The maximum Gasteiger partial charge on any atom is 0.410 e. The molecule has 3 rings (SSSR count). The van der Waals surface area contributed by atoms with Crippen molar-refractivity contribution in [2.24, 2.45) is 11.8 Å². The van der Waals surface area contributed by atoms with Crippen LogP contribution in [0.25, 0.3) is 0 Å². The summed E-state index contributed by atoms with van der Waals surface area (Å²) in [5.74, 6) is 0.319. The van der Waals surface area contributed by atoms with E-state index in [-0.39, 0.29) is 40.5 Å². The Labute approximate surface area is 208 Å². The van der Waals surface area contributed by atoms with E-state index in [9.17, 15) is 19.7 Å². The Morgan fingerprint density at radius 1 is 1.14 bits per heavy atom. The third kappa shape index (κ3) is 7.08. The standard InChI is InChI=1S/C26H40N4O5/c1-19(2)29(25(32)35-26(3,4)5)18-20-9-8-14-28(17-20)24(31)21-12-15-27(16-13-21)22-10-6-7-11-23(22)30(33)34/h6-7,10-11,19-21H,8-9,12-18H2,1-5H3. The molecule has 1 aromatic carbocycles. The number of carbonyl (C=O) groups is 2. The topological polar surface area (TPSA) is 96.2 Å². The fraction of sp³-hybridized carbons (Fsp3) is 0.692. The van der Waals surface area contributed by atoms with E-state index >= 15 is 0 Å². The molecule has 9 nitrogen and oxygen atoms in total. The third-order valence-electron chi connectivity index (χ3n) is 6.80. The summed E-state index contributed by atoms with van der Waals surface area (Å²) in [6, 6.07) is 6.81. The summed E-state index contributed by atoms with van der Waals surface area (Å²) in [5.41, 5.74) is 0.182. The smallest absolute Gasteiger partial charge is 0.410 e. The van der Waals surface area contributed by atoms with Gasteiger partial charge in [0.25, 0.3) is 5.69 Å². The van der Waals surface area contributed by atoms with Gasteiger partial charge in [-0.2, -0.15) is 0 Å². The predicted octanol–water partition coefficient (Wildman–Crippen LogP) is 4.70. The van der Waals surface area contributed by atoms with Crippen molar-refractivity contribution in [1.29, 1.82) is 0 Å². The molecule has 0 saturated carbocycles. The van der Waals surface area contributed by atoms with E-state index in [1.165, 1.54) is 6.07 Å². The molecule has 0 spiro atoms. The average Bonchev–Trinajstić information content (AvgIpc) is 2.81. The zero-order valence-electron chi connectivity index (χ0n) is 21.7. The Bertz CT molecular complexity index is 905. The molecule has 2 heterocycles. The lowest BCUT2D eigenvalue weighted by atomic mass is 9.91. The van der Waals surface area contributed by atoms with Gasteiger partial charge in [0.1, 0.15) is 11.3 Å². The van der Waals surface area contributed by atoms with Gasteiger partial charge in [-0.3, -0.25) is 14.9 Å². The van der Waals surface area contributed by atoms with Crippen molar-refractivity contribution >= 4 is 23.4 Å². The number of ether oxygens (including phenoxy) is 1. The number of nitro benzene ring substituents is 1. The SMILES string of the molecule is CC(C)N(CC1CCCN(C(=O)C2CCN(c3ccccc3[N+](=O)[O-])CC2)C1)C(=O)OC(C)(C)C. The van der Waals surface area contributed by atoms with Crippen LogP contribution in [0.15, 0.2) is 24.3 Å². The molecule has 9 heteroatoms. The van der Waals surface area contributed by atoms with Crippen LogP contribution in [0, 0.1) is 22.0 Å². The van der Waals surface area contributed by atoms with Crippen molar-refractivity contribution in [2.75, 3.05) is 37.6 Å². The highest BCUT2D eigenvalue weighted by Crippen LogP contribution is 2.32. The van der Waals surface area contributed by atoms with Crippen LogP contribution in [-0.2, 0) is 9.53 Å². The monoisotopic (exact) mass is 488 g/mol. The van der Waals surface area contributed by atoms with Gasteiger partial charge in [-0.15, -0.1) is 0 Å². The summed E-state index contributed by atoms with van der Waals surface area (Å²) in [6.45, 7) is 12.8. The van der Waals surface area contributed by atoms with Gasteiger partial charge < -0.3 is 19.4 Å². The fourth-order valence-electron chi connectivity index (χ4n) is 5.02. The Morgan fingerprint density at radius 3 is 2.40 bits per heavy atom. The van der Waals surface area contributed by atoms with Gasteiger partial charge in [-0.1, -0.05) is 12.1 Å². The molecule has 1 unspecified atom stereocenters. The maximum absolute atomic E-state index is 13.4. The van der Waals surface area contributed by atoms with E-state index < -0.39 is 5.60 Å². The molecule has 2 saturated heterocycles. The quantitative estimate of drug-likeness (QED) is 0.426. The van der Waals surface area contributed by atoms with Crippen LogP contribution in [0.2, 0.25) is 0 Å². The molecule has 35 heavy (non-hydrogen) atoms. The van der Waals surface area contributed by atoms with E-state index in [0.29, 0.717) is 44.7 Å². The van der Waals surface area contributed by atoms with Crippen molar-refractivity contribution in [3.8, 4) is 0 Å². The molecule has 2 aliphatic rings. The second-order valence-corrected chi connectivity index (χ2v) is 11.0. The maximum atomic E-state index is 13.4. The van der Waals surface area contributed by atoms with Gasteiger partial charge >= 0.3 is 6.09 Å². The summed E-state index contributed by atoms with van der Waals surface area (Å²) in [5, 5.41) is 11.4. The van der Waals surface area contributed by atoms with E-state index in [1.54, 1.807) is 17.0 Å². The van der Waals surface area contributed by atoms with Gasteiger partial charge in [-0.05, 0) is 72.3 Å². The number of hydrogen-bond donors (Lipinski definition) is 0. The van der Waals surface area contributed by atoms with Gasteiger partial charge in [-0.25, -0.2) is 4.79 Å². The first-order valence-corrected chi connectivity index (χ1v) is 12.7. The van der Waals surface area contributed by atoms with Crippen LogP contribution < -0.4 is 4.90 Å². The molecule has 0 radical (unpaired) electrons. The minimum atomic E-state index is -0.548. The zero-order chi connectivity index (χ0) is 25.8. The lowest BCUT2D eigenvalue weighted by Crippen LogP contribution is -2.50. The molecule has 0 aromatic heterocycles. The van der Waals surface area contributed by atoms with E-state index in [4.69, 9.17) is 4.74 Å². The Morgan fingerprint density at radius 2 is 1.80 bits per heavy atom. The van der Waals surface area contributed by atoms with E-state index in [0.717, 1.165) is 19.4 Å². The highest BCUT2D eigenvalue weighted by Gasteiger charge is 2.34. The first-order valence-electron chi connectivity index (χ1n) is 12.7. The Hall–Kier alpha value is -2.84.